The fraction of sp³-hybridized carbons (Fsp3) is 0.556. The summed E-state index contributed by atoms with van der Waals surface area (Å²) in [5.74, 6) is -0.255. The molecule has 0 aliphatic rings. The lowest BCUT2D eigenvalue weighted by Crippen LogP contribution is -2.19. The molecule has 1 N–H and O–H groups in total. The Labute approximate surface area is 87.5 Å². The molecule has 1 atom stereocenters. The molecule has 4 nitrogen and oxygen atoms in total. The molecule has 0 bridgehead atoms. The first-order chi connectivity index (χ1) is 6.43. The van der Waals surface area contributed by atoms with Crippen LogP contribution in [0, 0.1) is 6.92 Å². The van der Waals surface area contributed by atoms with Crippen molar-refractivity contribution in [3.05, 3.63) is 16.4 Å². The van der Waals surface area contributed by atoms with Gasteiger partial charge < -0.3 is 5.11 Å². The fourth-order valence-corrected chi connectivity index (χ4v) is 1.41. The SMILES string of the molecule is Cc1nn(C)c(CC(=O)C(C)O)c1Cl. The number of hydrogen-bond acceptors (Lipinski definition) is 3. The van der Waals surface area contributed by atoms with Crippen LogP contribution in [0.4, 0.5) is 0 Å². The van der Waals surface area contributed by atoms with Crippen LogP contribution in [0.25, 0.3) is 0 Å². The van der Waals surface area contributed by atoms with Crippen molar-refractivity contribution >= 4 is 17.4 Å². The van der Waals surface area contributed by atoms with E-state index in [1.54, 1.807) is 18.7 Å². The lowest BCUT2D eigenvalue weighted by molar-refractivity contribution is -0.125. The number of aromatic nitrogens is 2. The molecule has 0 radical (unpaired) electrons. The molecule has 1 rings (SSSR count). The summed E-state index contributed by atoms with van der Waals surface area (Å²) in [6.07, 6.45) is -0.838. The Morgan fingerprint density at radius 3 is 2.64 bits per heavy atom. The molecule has 0 aliphatic carbocycles. The van der Waals surface area contributed by atoms with Gasteiger partial charge in [0.2, 0.25) is 0 Å². The molecule has 1 heterocycles. The van der Waals surface area contributed by atoms with Crippen LogP contribution in [-0.2, 0) is 18.3 Å². The average molecular weight is 217 g/mol. The van der Waals surface area contributed by atoms with Crippen LogP contribution in [0.1, 0.15) is 18.3 Å². The van der Waals surface area contributed by atoms with E-state index in [2.05, 4.69) is 5.10 Å². The Morgan fingerprint density at radius 1 is 1.71 bits per heavy atom. The van der Waals surface area contributed by atoms with Crippen LogP contribution in [0.15, 0.2) is 0 Å². The molecule has 0 fully saturated rings. The molecule has 78 valence electrons. The number of halogens is 1. The first kappa shape index (κ1) is 11.2. The summed E-state index contributed by atoms with van der Waals surface area (Å²) < 4.78 is 1.57. The quantitative estimate of drug-likeness (QED) is 0.816. The monoisotopic (exact) mass is 216 g/mol. The van der Waals surface area contributed by atoms with E-state index in [-0.39, 0.29) is 12.2 Å². The van der Waals surface area contributed by atoms with Gasteiger partial charge in [0.05, 0.1) is 22.8 Å². The molecule has 0 saturated carbocycles. The minimum absolute atomic E-state index is 0.119. The van der Waals surface area contributed by atoms with Crippen LogP contribution in [0.5, 0.6) is 0 Å². The average Bonchev–Trinajstić information content (AvgIpc) is 2.32. The summed E-state index contributed by atoms with van der Waals surface area (Å²) in [6.45, 7) is 3.22. The third-order valence-electron chi connectivity index (χ3n) is 2.07. The first-order valence-corrected chi connectivity index (χ1v) is 4.70. The highest BCUT2D eigenvalue weighted by Crippen LogP contribution is 2.20. The molecular weight excluding hydrogens is 204 g/mol. The van der Waals surface area contributed by atoms with Crippen molar-refractivity contribution in [2.24, 2.45) is 7.05 Å². The van der Waals surface area contributed by atoms with Crippen molar-refractivity contribution < 1.29 is 9.90 Å². The van der Waals surface area contributed by atoms with Crippen LogP contribution in [-0.4, -0.2) is 26.8 Å². The van der Waals surface area contributed by atoms with Crippen LogP contribution in [0.3, 0.4) is 0 Å². The zero-order valence-corrected chi connectivity index (χ0v) is 9.17. The number of Topliss-reactive ketones (excluding diaryl/α,β-unsaturated/α-hetero) is 1. The summed E-state index contributed by atoms with van der Waals surface area (Å²) >= 11 is 5.95. The van der Waals surface area contributed by atoms with Gasteiger partial charge in [-0.25, -0.2) is 0 Å². The summed E-state index contributed by atoms with van der Waals surface area (Å²) in [5.41, 5.74) is 1.35. The van der Waals surface area contributed by atoms with Gasteiger partial charge in [-0.15, -0.1) is 0 Å². The van der Waals surface area contributed by atoms with Gasteiger partial charge in [0.25, 0.3) is 0 Å². The first-order valence-electron chi connectivity index (χ1n) is 4.32. The smallest absolute Gasteiger partial charge is 0.166 e. The van der Waals surface area contributed by atoms with Crippen molar-refractivity contribution in [3.63, 3.8) is 0 Å². The molecule has 0 aromatic carbocycles. The number of carbonyl (C=O) groups excluding carboxylic acids is 1. The van der Waals surface area contributed by atoms with Crippen molar-refractivity contribution in [2.75, 3.05) is 0 Å². The second kappa shape index (κ2) is 4.11. The Morgan fingerprint density at radius 2 is 2.29 bits per heavy atom. The third kappa shape index (κ3) is 2.13. The number of aryl methyl sites for hydroxylation is 2. The highest BCUT2D eigenvalue weighted by atomic mass is 35.5. The lowest BCUT2D eigenvalue weighted by Gasteiger charge is -2.04. The largest absolute Gasteiger partial charge is 0.386 e. The van der Waals surface area contributed by atoms with Crippen LogP contribution in [0.2, 0.25) is 5.02 Å². The highest BCUT2D eigenvalue weighted by Gasteiger charge is 2.17. The maximum Gasteiger partial charge on any atom is 0.166 e. The number of aliphatic hydroxyl groups excluding tert-OH is 1. The zero-order chi connectivity index (χ0) is 10.9. The minimum Gasteiger partial charge on any atom is -0.386 e. The van der Waals surface area contributed by atoms with Gasteiger partial charge in [-0.1, -0.05) is 11.6 Å². The molecule has 1 aromatic heterocycles. The maximum atomic E-state index is 11.3. The molecule has 0 spiro atoms. The number of ketones is 1. The van der Waals surface area contributed by atoms with Gasteiger partial charge >= 0.3 is 0 Å². The van der Waals surface area contributed by atoms with Crippen molar-refractivity contribution in [1.82, 2.24) is 9.78 Å². The topological polar surface area (TPSA) is 55.1 Å². The number of nitrogens with zero attached hydrogens (tertiary/aromatic N) is 2. The lowest BCUT2D eigenvalue weighted by atomic mass is 10.1. The fourth-order valence-electron chi connectivity index (χ4n) is 1.18. The van der Waals surface area contributed by atoms with Crippen LogP contribution >= 0.6 is 11.6 Å². The number of carbonyl (C=O) groups is 1. The van der Waals surface area contributed by atoms with Crippen molar-refractivity contribution in [1.29, 1.82) is 0 Å². The van der Waals surface area contributed by atoms with Crippen LogP contribution < -0.4 is 0 Å². The van der Waals surface area contributed by atoms with E-state index in [9.17, 15) is 4.79 Å². The Bertz CT molecular complexity index is 358. The second-order valence-corrected chi connectivity index (χ2v) is 3.67. The summed E-state index contributed by atoms with van der Waals surface area (Å²) in [4.78, 5) is 11.3. The Hall–Kier alpha value is -0.870. The van der Waals surface area contributed by atoms with E-state index >= 15 is 0 Å². The Kier molecular flexibility index (Phi) is 3.29. The highest BCUT2D eigenvalue weighted by molar-refractivity contribution is 6.32. The molecule has 5 heteroatoms. The normalized spacial score (nSPS) is 12.9. The number of hydrogen-bond donors (Lipinski definition) is 1. The van der Waals surface area contributed by atoms with E-state index in [0.717, 1.165) is 0 Å². The van der Waals surface area contributed by atoms with Gasteiger partial charge in [0.15, 0.2) is 5.78 Å². The van der Waals surface area contributed by atoms with Gasteiger partial charge in [-0.3, -0.25) is 9.48 Å². The molecule has 1 unspecified atom stereocenters. The predicted molar refractivity (Wildman–Crippen MR) is 53.3 cm³/mol. The van der Waals surface area contributed by atoms with E-state index in [0.29, 0.717) is 16.4 Å². The molecule has 14 heavy (non-hydrogen) atoms. The summed E-state index contributed by atoms with van der Waals surface area (Å²) in [6, 6.07) is 0. The third-order valence-corrected chi connectivity index (χ3v) is 2.56. The molecule has 0 aliphatic heterocycles. The maximum absolute atomic E-state index is 11.3. The van der Waals surface area contributed by atoms with Gasteiger partial charge in [0, 0.05) is 7.05 Å². The van der Waals surface area contributed by atoms with E-state index in [1.165, 1.54) is 6.92 Å². The predicted octanol–water partition coefficient (Wildman–Crippen LogP) is 0.874. The molecular formula is C9H13ClN2O2. The van der Waals surface area contributed by atoms with Gasteiger partial charge in [0.1, 0.15) is 6.10 Å². The minimum atomic E-state index is -0.957. The van der Waals surface area contributed by atoms with Gasteiger partial charge in [-0.2, -0.15) is 5.10 Å². The summed E-state index contributed by atoms with van der Waals surface area (Å²) in [5, 5.41) is 13.6. The second-order valence-electron chi connectivity index (χ2n) is 3.29. The molecule has 0 amide bonds. The number of rotatable bonds is 3. The summed E-state index contributed by atoms with van der Waals surface area (Å²) in [7, 11) is 1.73. The van der Waals surface area contributed by atoms with Gasteiger partial charge in [-0.05, 0) is 13.8 Å². The standard InChI is InChI=1S/C9H13ClN2O2/c1-5-9(10)7(12(3)11-5)4-8(14)6(2)13/h6,13H,4H2,1-3H3. The number of aliphatic hydroxyl groups is 1. The molecule has 1 aromatic rings. The van der Waals surface area contributed by atoms with E-state index in [1.807, 2.05) is 0 Å². The van der Waals surface area contributed by atoms with Crippen molar-refractivity contribution in [2.45, 2.75) is 26.4 Å². The Balaban J connectivity index is 2.92. The van der Waals surface area contributed by atoms with E-state index < -0.39 is 6.10 Å². The molecule has 0 saturated heterocycles. The van der Waals surface area contributed by atoms with E-state index in [4.69, 9.17) is 16.7 Å². The zero-order valence-electron chi connectivity index (χ0n) is 8.41. The van der Waals surface area contributed by atoms with Crippen molar-refractivity contribution in [3.8, 4) is 0 Å².